The molecule has 1 aromatic heterocycles. The fraction of sp³-hybridized carbons (Fsp3) is 0.286. The molecule has 0 aromatic carbocycles. The third-order valence-electron chi connectivity index (χ3n) is 1.28. The zero-order valence-electron chi connectivity index (χ0n) is 6.41. The minimum Gasteiger partial charge on any atom is -0.481 e. The summed E-state index contributed by atoms with van der Waals surface area (Å²) < 4.78 is 12.6. The van der Waals surface area contributed by atoms with Crippen LogP contribution in [0.3, 0.4) is 0 Å². The van der Waals surface area contributed by atoms with Gasteiger partial charge < -0.3 is 5.11 Å². The predicted molar refractivity (Wildman–Crippen MR) is 38.1 cm³/mol. The molecule has 0 aliphatic heterocycles. The number of aliphatic carboxylic acids is 1. The van der Waals surface area contributed by atoms with E-state index in [0.29, 0.717) is 0 Å². The van der Waals surface area contributed by atoms with Gasteiger partial charge in [-0.05, 0) is 6.92 Å². The Hall–Kier alpha value is -1.52. The van der Waals surface area contributed by atoms with Gasteiger partial charge in [-0.3, -0.25) is 4.79 Å². The van der Waals surface area contributed by atoms with E-state index in [1.165, 1.54) is 6.92 Å². The largest absolute Gasteiger partial charge is 0.481 e. The number of halogens is 1. The highest BCUT2D eigenvalue weighted by molar-refractivity contribution is 5.68. The molecule has 0 amide bonds. The van der Waals surface area contributed by atoms with Crippen LogP contribution in [0.15, 0.2) is 6.20 Å². The molecule has 1 N–H and O–H groups in total. The molecule has 0 spiro atoms. The van der Waals surface area contributed by atoms with E-state index in [1.807, 2.05) is 0 Å². The highest BCUT2D eigenvalue weighted by Gasteiger charge is 2.05. The molecule has 0 fully saturated rings. The van der Waals surface area contributed by atoms with Gasteiger partial charge in [0.2, 0.25) is 0 Å². The number of hydrogen-bond acceptors (Lipinski definition) is 3. The Balaban J connectivity index is 2.89. The summed E-state index contributed by atoms with van der Waals surface area (Å²) in [5, 5.41) is 8.35. The molecule has 1 rings (SSSR count). The van der Waals surface area contributed by atoms with Crippen molar-refractivity contribution in [1.29, 1.82) is 0 Å². The SMILES string of the molecule is Cc1nc(CC(=O)O)ncc1F. The second-order valence-corrected chi connectivity index (χ2v) is 2.29. The van der Waals surface area contributed by atoms with Crippen LogP contribution in [0, 0.1) is 12.7 Å². The summed E-state index contributed by atoms with van der Waals surface area (Å²) >= 11 is 0. The molecule has 0 unspecified atom stereocenters. The van der Waals surface area contributed by atoms with Crippen molar-refractivity contribution < 1.29 is 14.3 Å². The minimum atomic E-state index is -1.03. The van der Waals surface area contributed by atoms with Crippen molar-refractivity contribution in [3.8, 4) is 0 Å². The van der Waals surface area contributed by atoms with Crippen LogP contribution in [0.25, 0.3) is 0 Å². The van der Waals surface area contributed by atoms with Crippen molar-refractivity contribution in [3.63, 3.8) is 0 Å². The summed E-state index contributed by atoms with van der Waals surface area (Å²) in [5.41, 5.74) is 0.168. The molecule has 64 valence electrons. The average molecular weight is 170 g/mol. The molecule has 1 heterocycles. The van der Waals surface area contributed by atoms with Gasteiger partial charge in [-0.15, -0.1) is 0 Å². The summed E-state index contributed by atoms with van der Waals surface area (Å²) in [7, 11) is 0. The van der Waals surface area contributed by atoms with Crippen molar-refractivity contribution in [2.75, 3.05) is 0 Å². The molecule has 0 saturated heterocycles. The monoisotopic (exact) mass is 170 g/mol. The van der Waals surface area contributed by atoms with Crippen LogP contribution in [-0.2, 0) is 11.2 Å². The van der Waals surface area contributed by atoms with Gasteiger partial charge in [0, 0.05) is 0 Å². The first kappa shape index (κ1) is 8.58. The Kier molecular flexibility index (Phi) is 2.32. The first-order valence-electron chi connectivity index (χ1n) is 3.29. The Morgan fingerprint density at radius 3 is 2.92 bits per heavy atom. The van der Waals surface area contributed by atoms with E-state index >= 15 is 0 Å². The van der Waals surface area contributed by atoms with E-state index in [4.69, 9.17) is 5.11 Å². The molecule has 0 bridgehead atoms. The van der Waals surface area contributed by atoms with Gasteiger partial charge in [0.15, 0.2) is 5.82 Å². The Morgan fingerprint density at radius 1 is 1.75 bits per heavy atom. The number of carboxylic acid groups (broad SMARTS) is 1. The number of hydrogen-bond donors (Lipinski definition) is 1. The first-order chi connectivity index (χ1) is 5.59. The molecular weight excluding hydrogens is 163 g/mol. The van der Waals surface area contributed by atoms with Crippen LogP contribution < -0.4 is 0 Å². The summed E-state index contributed by atoms with van der Waals surface area (Å²) in [6.07, 6.45) is 0.696. The number of carboxylic acids is 1. The number of rotatable bonds is 2. The average Bonchev–Trinajstić information content (AvgIpc) is 1.96. The lowest BCUT2D eigenvalue weighted by Gasteiger charge is -1.97. The second kappa shape index (κ2) is 3.25. The molecule has 0 atom stereocenters. The number of carbonyl (C=O) groups is 1. The molecule has 4 nitrogen and oxygen atoms in total. The Labute approximate surface area is 68.1 Å². The van der Waals surface area contributed by atoms with Crippen LogP contribution in [-0.4, -0.2) is 21.0 Å². The van der Waals surface area contributed by atoms with Crippen molar-refractivity contribution >= 4 is 5.97 Å². The lowest BCUT2D eigenvalue weighted by Crippen LogP contribution is -2.06. The third kappa shape index (κ3) is 1.98. The van der Waals surface area contributed by atoms with Crippen LogP contribution in [0.2, 0.25) is 0 Å². The predicted octanol–water partition coefficient (Wildman–Crippen LogP) is 0.551. The van der Waals surface area contributed by atoms with Crippen LogP contribution in [0.5, 0.6) is 0 Å². The van der Waals surface area contributed by atoms with E-state index in [0.717, 1.165) is 6.20 Å². The zero-order chi connectivity index (χ0) is 9.14. The van der Waals surface area contributed by atoms with Gasteiger partial charge in [0.1, 0.15) is 12.2 Å². The minimum absolute atomic E-state index is 0.126. The van der Waals surface area contributed by atoms with Gasteiger partial charge in [-0.25, -0.2) is 14.4 Å². The summed E-state index contributed by atoms with van der Waals surface area (Å²) in [4.78, 5) is 17.3. The highest BCUT2D eigenvalue weighted by atomic mass is 19.1. The summed E-state index contributed by atoms with van der Waals surface area (Å²) in [6.45, 7) is 1.46. The molecule has 1 aromatic rings. The third-order valence-corrected chi connectivity index (χ3v) is 1.28. The quantitative estimate of drug-likeness (QED) is 0.704. The van der Waals surface area contributed by atoms with E-state index < -0.39 is 11.8 Å². The summed E-state index contributed by atoms with van der Waals surface area (Å²) in [6, 6.07) is 0. The van der Waals surface area contributed by atoms with Gasteiger partial charge in [-0.2, -0.15) is 0 Å². The number of nitrogens with zero attached hydrogens (tertiary/aromatic N) is 2. The van der Waals surface area contributed by atoms with Crippen molar-refractivity contribution in [1.82, 2.24) is 9.97 Å². The van der Waals surface area contributed by atoms with Gasteiger partial charge in [0.05, 0.1) is 11.9 Å². The molecule has 5 heteroatoms. The standard InChI is InChI=1S/C7H7FN2O2/c1-4-5(8)3-9-6(10-4)2-7(11)12/h3H,2H2,1H3,(H,11,12). The topological polar surface area (TPSA) is 63.1 Å². The van der Waals surface area contributed by atoms with E-state index in [2.05, 4.69) is 9.97 Å². The van der Waals surface area contributed by atoms with Crippen LogP contribution >= 0.6 is 0 Å². The molecule has 12 heavy (non-hydrogen) atoms. The smallest absolute Gasteiger partial charge is 0.311 e. The van der Waals surface area contributed by atoms with Crippen molar-refractivity contribution in [3.05, 3.63) is 23.5 Å². The fourth-order valence-electron chi connectivity index (χ4n) is 0.721. The maximum Gasteiger partial charge on any atom is 0.311 e. The Morgan fingerprint density at radius 2 is 2.42 bits per heavy atom. The maximum atomic E-state index is 12.6. The van der Waals surface area contributed by atoms with Gasteiger partial charge in [0.25, 0.3) is 0 Å². The van der Waals surface area contributed by atoms with Crippen molar-refractivity contribution in [2.45, 2.75) is 13.3 Å². The highest BCUT2D eigenvalue weighted by Crippen LogP contribution is 2.01. The maximum absolute atomic E-state index is 12.6. The first-order valence-corrected chi connectivity index (χ1v) is 3.29. The van der Waals surface area contributed by atoms with E-state index in [1.54, 1.807) is 0 Å². The molecular formula is C7H7FN2O2. The zero-order valence-corrected chi connectivity index (χ0v) is 6.41. The second-order valence-electron chi connectivity index (χ2n) is 2.29. The van der Waals surface area contributed by atoms with Crippen LogP contribution in [0.1, 0.15) is 11.5 Å². The van der Waals surface area contributed by atoms with Gasteiger partial charge in [-0.1, -0.05) is 0 Å². The van der Waals surface area contributed by atoms with E-state index in [9.17, 15) is 9.18 Å². The molecule has 0 radical (unpaired) electrons. The Bertz CT molecular complexity index is 314. The number of aromatic nitrogens is 2. The molecule has 0 saturated carbocycles. The number of aryl methyl sites for hydroxylation is 1. The summed E-state index contributed by atoms with van der Waals surface area (Å²) in [5.74, 6) is -1.42. The molecule has 0 aliphatic carbocycles. The normalized spacial score (nSPS) is 9.83. The molecule has 0 aliphatic rings. The lowest BCUT2D eigenvalue weighted by atomic mass is 10.3. The van der Waals surface area contributed by atoms with E-state index in [-0.39, 0.29) is 17.9 Å². The van der Waals surface area contributed by atoms with Crippen LogP contribution in [0.4, 0.5) is 4.39 Å². The lowest BCUT2D eigenvalue weighted by molar-refractivity contribution is -0.136. The fourth-order valence-corrected chi connectivity index (χ4v) is 0.721. The van der Waals surface area contributed by atoms with Crippen molar-refractivity contribution in [2.24, 2.45) is 0 Å². The van der Waals surface area contributed by atoms with Gasteiger partial charge >= 0.3 is 5.97 Å².